The molecule has 0 unspecified atom stereocenters. The molecule has 1 aromatic carbocycles. The summed E-state index contributed by atoms with van der Waals surface area (Å²) in [5.74, 6) is 2.50. The second kappa shape index (κ2) is 7.71. The molecule has 28 heavy (non-hydrogen) atoms. The first-order chi connectivity index (χ1) is 13.7. The van der Waals surface area contributed by atoms with Gasteiger partial charge in [0, 0.05) is 17.5 Å². The van der Waals surface area contributed by atoms with E-state index in [0.29, 0.717) is 42.0 Å². The minimum absolute atomic E-state index is 0.0987. The molecule has 9 heteroatoms. The number of ether oxygens (including phenoxy) is 3. The van der Waals surface area contributed by atoms with Crippen molar-refractivity contribution in [1.82, 2.24) is 25.1 Å². The molecule has 2 aromatic heterocycles. The Morgan fingerprint density at radius 3 is 2.71 bits per heavy atom. The normalized spacial score (nSPS) is 13.4. The van der Waals surface area contributed by atoms with Gasteiger partial charge >= 0.3 is 0 Å². The van der Waals surface area contributed by atoms with Gasteiger partial charge in [-0.3, -0.25) is 4.79 Å². The summed E-state index contributed by atoms with van der Waals surface area (Å²) in [6, 6.07) is 8.99. The zero-order valence-electron chi connectivity index (χ0n) is 15.7. The van der Waals surface area contributed by atoms with Crippen molar-refractivity contribution in [3.8, 4) is 28.8 Å². The Morgan fingerprint density at radius 2 is 1.96 bits per heavy atom. The fourth-order valence-electron chi connectivity index (χ4n) is 2.82. The molecule has 1 saturated carbocycles. The van der Waals surface area contributed by atoms with Crippen LogP contribution in [0.2, 0.25) is 0 Å². The van der Waals surface area contributed by atoms with Gasteiger partial charge in [-0.2, -0.15) is 4.52 Å². The van der Waals surface area contributed by atoms with Gasteiger partial charge in [0.15, 0.2) is 23.0 Å². The number of hydrogen-bond donors (Lipinski definition) is 1. The van der Waals surface area contributed by atoms with Crippen molar-refractivity contribution in [1.29, 1.82) is 0 Å². The van der Waals surface area contributed by atoms with Crippen molar-refractivity contribution >= 4 is 11.6 Å². The first-order valence-electron chi connectivity index (χ1n) is 9.05. The van der Waals surface area contributed by atoms with Crippen LogP contribution in [0, 0.1) is 5.92 Å². The molecule has 0 radical (unpaired) electrons. The van der Waals surface area contributed by atoms with E-state index in [-0.39, 0.29) is 11.8 Å². The van der Waals surface area contributed by atoms with E-state index in [1.165, 1.54) is 0 Å². The number of benzene rings is 1. The largest absolute Gasteiger partial charge is 0.493 e. The van der Waals surface area contributed by atoms with E-state index in [1.807, 2.05) is 12.1 Å². The van der Waals surface area contributed by atoms with Crippen LogP contribution in [0.1, 0.15) is 12.8 Å². The monoisotopic (exact) mass is 383 g/mol. The van der Waals surface area contributed by atoms with E-state index < -0.39 is 0 Å². The van der Waals surface area contributed by atoms with Crippen LogP contribution in [-0.4, -0.2) is 53.1 Å². The van der Waals surface area contributed by atoms with Gasteiger partial charge in [-0.1, -0.05) is 0 Å². The highest BCUT2D eigenvalue weighted by molar-refractivity contribution is 5.80. The molecule has 2 heterocycles. The lowest BCUT2D eigenvalue weighted by atomic mass is 10.2. The summed E-state index contributed by atoms with van der Waals surface area (Å²) in [6.07, 6.45) is 1.97. The number of rotatable bonds is 8. The second-order valence-corrected chi connectivity index (χ2v) is 6.45. The van der Waals surface area contributed by atoms with Gasteiger partial charge in [0.1, 0.15) is 6.61 Å². The van der Waals surface area contributed by atoms with Crippen molar-refractivity contribution in [2.75, 3.05) is 27.4 Å². The number of nitrogens with one attached hydrogen (secondary N) is 1. The summed E-state index contributed by atoms with van der Waals surface area (Å²) in [6.45, 7) is 0.782. The molecular formula is C19H21N5O4. The van der Waals surface area contributed by atoms with Gasteiger partial charge in [0.05, 0.1) is 20.8 Å². The number of nitrogens with zero attached hydrogens (tertiary/aromatic N) is 4. The molecule has 1 N–H and O–H groups in total. The maximum Gasteiger partial charge on any atom is 0.231 e. The van der Waals surface area contributed by atoms with E-state index in [9.17, 15) is 4.79 Å². The van der Waals surface area contributed by atoms with Crippen LogP contribution in [0.25, 0.3) is 17.0 Å². The van der Waals surface area contributed by atoms with Crippen molar-refractivity contribution in [2.24, 2.45) is 5.92 Å². The minimum Gasteiger partial charge on any atom is -0.493 e. The van der Waals surface area contributed by atoms with Crippen molar-refractivity contribution in [2.45, 2.75) is 12.8 Å². The molecule has 4 rings (SSSR count). The summed E-state index contributed by atoms with van der Waals surface area (Å²) in [5.41, 5.74) is 1.38. The molecule has 0 spiro atoms. The third-order valence-corrected chi connectivity index (χ3v) is 4.48. The molecule has 0 atom stereocenters. The van der Waals surface area contributed by atoms with Crippen LogP contribution in [-0.2, 0) is 4.79 Å². The topological polar surface area (TPSA) is 99.9 Å². The fraction of sp³-hybridized carbons (Fsp3) is 0.368. The number of hydrogen-bond acceptors (Lipinski definition) is 7. The highest BCUT2D eigenvalue weighted by Crippen LogP contribution is 2.31. The molecule has 1 aliphatic rings. The molecular weight excluding hydrogens is 362 g/mol. The number of methoxy groups -OCH3 is 2. The summed E-state index contributed by atoms with van der Waals surface area (Å²) < 4.78 is 17.9. The van der Waals surface area contributed by atoms with E-state index in [2.05, 4.69) is 20.6 Å². The maximum absolute atomic E-state index is 11.6. The number of carbonyl (C=O) groups is 1. The maximum atomic E-state index is 11.6. The van der Waals surface area contributed by atoms with Gasteiger partial charge in [0.25, 0.3) is 0 Å². The van der Waals surface area contributed by atoms with Gasteiger partial charge in [-0.25, -0.2) is 0 Å². The molecule has 0 saturated heterocycles. The Bertz CT molecular complexity index is 999. The summed E-state index contributed by atoms with van der Waals surface area (Å²) in [5, 5.41) is 15.7. The van der Waals surface area contributed by atoms with E-state index >= 15 is 0 Å². The summed E-state index contributed by atoms with van der Waals surface area (Å²) in [4.78, 5) is 11.6. The molecule has 1 fully saturated rings. The van der Waals surface area contributed by atoms with Crippen LogP contribution in [0.3, 0.4) is 0 Å². The van der Waals surface area contributed by atoms with Crippen LogP contribution >= 0.6 is 0 Å². The van der Waals surface area contributed by atoms with Crippen LogP contribution in [0.4, 0.5) is 0 Å². The van der Waals surface area contributed by atoms with Crippen LogP contribution in [0.5, 0.6) is 17.4 Å². The number of aromatic nitrogens is 4. The first kappa shape index (κ1) is 18.0. The highest BCUT2D eigenvalue weighted by Gasteiger charge is 2.29. The number of carbonyl (C=O) groups excluding carboxylic acids is 1. The number of fused-ring (bicyclic) bond motifs is 1. The lowest BCUT2D eigenvalue weighted by Gasteiger charge is -2.09. The quantitative estimate of drug-likeness (QED) is 0.591. The van der Waals surface area contributed by atoms with Crippen LogP contribution < -0.4 is 19.5 Å². The Hall–Kier alpha value is -3.36. The third kappa shape index (κ3) is 3.68. The Balaban J connectivity index is 1.50. The first-order valence-corrected chi connectivity index (χ1v) is 9.05. The minimum atomic E-state index is 0.0987. The summed E-state index contributed by atoms with van der Waals surface area (Å²) >= 11 is 0. The molecule has 1 amide bonds. The molecule has 9 nitrogen and oxygen atoms in total. The Kier molecular flexibility index (Phi) is 4.96. The summed E-state index contributed by atoms with van der Waals surface area (Å²) in [7, 11) is 3.16. The van der Waals surface area contributed by atoms with E-state index in [0.717, 1.165) is 18.4 Å². The SMILES string of the molecule is COc1ccc(-c2nnc3ccc(OCCNC(=O)C4CC4)nn23)cc1OC. The average Bonchev–Trinajstić information content (AvgIpc) is 3.50. The number of amides is 1. The van der Waals surface area contributed by atoms with Crippen molar-refractivity contribution < 1.29 is 19.0 Å². The average molecular weight is 383 g/mol. The predicted octanol–water partition coefficient (Wildman–Crippen LogP) is 1.71. The fourth-order valence-corrected chi connectivity index (χ4v) is 2.82. The van der Waals surface area contributed by atoms with Gasteiger partial charge in [-0.05, 0) is 37.1 Å². The third-order valence-electron chi connectivity index (χ3n) is 4.48. The molecule has 1 aliphatic carbocycles. The predicted molar refractivity (Wildman–Crippen MR) is 101 cm³/mol. The van der Waals surface area contributed by atoms with Gasteiger partial charge in [-0.15, -0.1) is 15.3 Å². The van der Waals surface area contributed by atoms with Crippen molar-refractivity contribution in [3.05, 3.63) is 30.3 Å². The van der Waals surface area contributed by atoms with E-state index in [4.69, 9.17) is 14.2 Å². The lowest BCUT2D eigenvalue weighted by molar-refractivity contribution is -0.122. The molecule has 0 aliphatic heterocycles. The Morgan fingerprint density at radius 1 is 1.14 bits per heavy atom. The second-order valence-electron chi connectivity index (χ2n) is 6.45. The van der Waals surface area contributed by atoms with Gasteiger partial charge < -0.3 is 19.5 Å². The zero-order valence-corrected chi connectivity index (χ0v) is 15.7. The molecule has 0 bridgehead atoms. The lowest BCUT2D eigenvalue weighted by Crippen LogP contribution is -2.29. The molecule has 146 valence electrons. The van der Waals surface area contributed by atoms with E-state index in [1.54, 1.807) is 36.9 Å². The highest BCUT2D eigenvalue weighted by atomic mass is 16.5. The van der Waals surface area contributed by atoms with Gasteiger partial charge in [0.2, 0.25) is 11.8 Å². The standard InChI is InChI=1S/C19H21N5O4/c1-26-14-6-5-13(11-15(14)27-2)18-22-21-16-7-8-17(23-24(16)18)28-10-9-20-19(25)12-3-4-12/h5-8,11-12H,3-4,9-10H2,1-2H3,(H,20,25). The zero-order chi connectivity index (χ0) is 19.5. The van der Waals surface area contributed by atoms with Crippen LogP contribution in [0.15, 0.2) is 30.3 Å². The smallest absolute Gasteiger partial charge is 0.231 e. The van der Waals surface area contributed by atoms with Crippen molar-refractivity contribution in [3.63, 3.8) is 0 Å². The Labute approximate surface area is 161 Å². The molecule has 3 aromatic rings.